The minimum atomic E-state index is -1.24. The average Bonchev–Trinajstić information content (AvgIpc) is 2.60. The summed E-state index contributed by atoms with van der Waals surface area (Å²) >= 11 is 0. The third kappa shape index (κ3) is 5.12. The van der Waals surface area contributed by atoms with Gasteiger partial charge in [-0.3, -0.25) is 10.1 Å². The van der Waals surface area contributed by atoms with Crippen molar-refractivity contribution < 1.29 is 19.5 Å². The number of amides is 3. The molecule has 1 fully saturated rings. The van der Waals surface area contributed by atoms with Crippen LogP contribution in [0.4, 0.5) is 4.79 Å². The second-order valence-electron chi connectivity index (χ2n) is 3.88. The van der Waals surface area contributed by atoms with E-state index in [1.54, 1.807) is 0 Å². The van der Waals surface area contributed by atoms with Crippen LogP contribution >= 0.6 is 0 Å². The van der Waals surface area contributed by atoms with Gasteiger partial charge >= 0.3 is 12.0 Å². The average molecular weight is 241 g/mol. The van der Waals surface area contributed by atoms with E-state index in [4.69, 9.17) is 5.11 Å². The number of likely N-dealkylation sites (N-methyl/N-ethyl adjacent to an activating group) is 1. The summed E-state index contributed by atoms with van der Waals surface area (Å²) in [6, 6.07) is -0.582. The van der Waals surface area contributed by atoms with Gasteiger partial charge in [0.2, 0.25) is 0 Å². The maximum atomic E-state index is 11.3. The van der Waals surface area contributed by atoms with Crippen LogP contribution in [-0.2, 0) is 9.59 Å². The summed E-state index contributed by atoms with van der Waals surface area (Å²) < 4.78 is 0. The van der Waals surface area contributed by atoms with Gasteiger partial charge in [-0.05, 0) is 20.0 Å². The highest BCUT2D eigenvalue weighted by Gasteiger charge is 2.21. The summed E-state index contributed by atoms with van der Waals surface area (Å²) in [4.78, 5) is 34.6. The van der Waals surface area contributed by atoms with Crippen LogP contribution in [0.2, 0.25) is 0 Å². The molecule has 17 heavy (non-hydrogen) atoms. The topological polar surface area (TPSA) is 98.7 Å². The van der Waals surface area contributed by atoms with Crippen molar-refractivity contribution in [2.24, 2.45) is 0 Å². The molecule has 0 aromatic heterocycles. The zero-order valence-electron chi connectivity index (χ0n) is 9.47. The molecule has 0 aromatic carbocycles. The molecular formula is C10H15N3O4. The molecule has 1 saturated heterocycles. The first-order valence-corrected chi connectivity index (χ1v) is 5.18. The van der Waals surface area contributed by atoms with Gasteiger partial charge in [0.25, 0.3) is 5.91 Å². The molecule has 1 unspecified atom stereocenters. The van der Waals surface area contributed by atoms with E-state index in [1.165, 1.54) is 0 Å². The highest BCUT2D eigenvalue weighted by Crippen LogP contribution is 2.05. The van der Waals surface area contributed by atoms with E-state index < -0.39 is 17.9 Å². The van der Waals surface area contributed by atoms with E-state index in [9.17, 15) is 14.4 Å². The molecule has 3 N–H and O–H groups in total. The van der Waals surface area contributed by atoms with E-state index >= 15 is 0 Å². The van der Waals surface area contributed by atoms with Gasteiger partial charge in [0, 0.05) is 24.7 Å². The van der Waals surface area contributed by atoms with E-state index in [-0.39, 0.29) is 6.04 Å². The molecule has 1 rings (SSSR count). The zero-order valence-corrected chi connectivity index (χ0v) is 9.47. The minimum Gasteiger partial charge on any atom is -0.478 e. The summed E-state index contributed by atoms with van der Waals surface area (Å²) in [7, 11) is 1.94. The van der Waals surface area contributed by atoms with Gasteiger partial charge in [-0.2, -0.15) is 0 Å². The van der Waals surface area contributed by atoms with E-state index in [2.05, 4.69) is 10.2 Å². The predicted molar refractivity (Wildman–Crippen MR) is 59.4 cm³/mol. The molecule has 0 saturated carbocycles. The van der Waals surface area contributed by atoms with Gasteiger partial charge in [-0.1, -0.05) is 0 Å². The van der Waals surface area contributed by atoms with Crippen LogP contribution in [0.25, 0.3) is 0 Å². The molecular weight excluding hydrogens is 226 g/mol. The number of carbonyl (C=O) groups excluding carboxylic acids is 2. The number of hydrogen-bond donors (Lipinski definition) is 3. The number of hydrogen-bond acceptors (Lipinski definition) is 4. The fourth-order valence-corrected chi connectivity index (χ4v) is 1.57. The first-order chi connectivity index (χ1) is 7.97. The second kappa shape index (κ2) is 6.00. The normalized spacial score (nSPS) is 20.4. The highest BCUT2D eigenvalue weighted by atomic mass is 16.4. The number of nitrogens with one attached hydrogen (secondary N) is 2. The molecule has 1 aliphatic rings. The van der Waals surface area contributed by atoms with Crippen molar-refractivity contribution in [2.75, 3.05) is 20.1 Å². The Kier molecular flexibility index (Phi) is 4.65. The van der Waals surface area contributed by atoms with E-state index in [1.807, 2.05) is 12.4 Å². The smallest absolute Gasteiger partial charge is 0.328 e. The van der Waals surface area contributed by atoms with Crippen LogP contribution in [0.15, 0.2) is 12.2 Å². The van der Waals surface area contributed by atoms with Crippen molar-refractivity contribution in [3.63, 3.8) is 0 Å². The van der Waals surface area contributed by atoms with Crippen LogP contribution in [-0.4, -0.2) is 54.1 Å². The summed E-state index contributed by atoms with van der Waals surface area (Å²) in [5.74, 6) is -1.99. The van der Waals surface area contributed by atoms with Gasteiger partial charge < -0.3 is 15.3 Å². The van der Waals surface area contributed by atoms with E-state index in [0.29, 0.717) is 6.08 Å². The number of carbonyl (C=O) groups is 3. The lowest BCUT2D eigenvalue weighted by atomic mass is 10.3. The summed E-state index contributed by atoms with van der Waals surface area (Å²) in [6.45, 7) is 1.64. The first-order valence-electron chi connectivity index (χ1n) is 5.18. The quantitative estimate of drug-likeness (QED) is 0.559. The third-order valence-electron chi connectivity index (χ3n) is 2.34. The van der Waals surface area contributed by atoms with Crippen LogP contribution < -0.4 is 10.6 Å². The van der Waals surface area contributed by atoms with Crippen molar-refractivity contribution in [3.8, 4) is 0 Å². The fourth-order valence-electron chi connectivity index (χ4n) is 1.57. The van der Waals surface area contributed by atoms with Gasteiger partial charge in [-0.25, -0.2) is 9.59 Å². The Labute approximate surface area is 98.5 Å². The molecule has 0 bridgehead atoms. The Morgan fingerprint density at radius 3 is 2.59 bits per heavy atom. The van der Waals surface area contributed by atoms with Crippen molar-refractivity contribution in [1.29, 1.82) is 0 Å². The standard InChI is InChI=1S/C10H15N3O4/c1-13-5-4-7(6-13)11-10(17)12-8(14)2-3-9(15)16/h2-3,7H,4-6H2,1H3,(H,15,16)(H2,11,12,14,17)/b3-2+. The Bertz CT molecular complexity index is 353. The Morgan fingerprint density at radius 2 is 2.06 bits per heavy atom. The molecule has 1 atom stereocenters. The summed E-state index contributed by atoms with van der Waals surface area (Å²) in [6.07, 6.45) is 2.30. The van der Waals surface area contributed by atoms with Crippen molar-refractivity contribution in [3.05, 3.63) is 12.2 Å². The lowest BCUT2D eigenvalue weighted by Crippen LogP contribution is -2.44. The SMILES string of the molecule is CN1CCC(NC(=O)NC(=O)/C=C/C(=O)O)C1. The number of nitrogens with zero attached hydrogens (tertiary/aromatic N) is 1. The molecule has 0 spiro atoms. The molecule has 1 heterocycles. The van der Waals surface area contributed by atoms with Gasteiger partial charge in [0.1, 0.15) is 0 Å². The van der Waals surface area contributed by atoms with Crippen molar-refractivity contribution >= 4 is 17.9 Å². The molecule has 0 radical (unpaired) electrons. The Hall–Kier alpha value is -1.89. The van der Waals surface area contributed by atoms with E-state index in [0.717, 1.165) is 25.6 Å². The number of carboxylic acid groups (broad SMARTS) is 1. The third-order valence-corrected chi connectivity index (χ3v) is 2.34. The van der Waals surface area contributed by atoms with Crippen LogP contribution in [0, 0.1) is 0 Å². The number of urea groups is 1. The fraction of sp³-hybridized carbons (Fsp3) is 0.500. The van der Waals surface area contributed by atoms with Gasteiger partial charge in [0.15, 0.2) is 0 Å². The lowest BCUT2D eigenvalue weighted by molar-refractivity contribution is -0.131. The lowest BCUT2D eigenvalue weighted by Gasteiger charge is -2.12. The van der Waals surface area contributed by atoms with Gasteiger partial charge in [0.05, 0.1) is 0 Å². The summed E-state index contributed by atoms with van der Waals surface area (Å²) in [5, 5.41) is 12.9. The largest absolute Gasteiger partial charge is 0.478 e. The molecule has 1 aliphatic heterocycles. The van der Waals surface area contributed by atoms with Gasteiger partial charge in [-0.15, -0.1) is 0 Å². The van der Waals surface area contributed by atoms with Crippen molar-refractivity contribution in [2.45, 2.75) is 12.5 Å². The molecule has 0 aliphatic carbocycles. The number of imide groups is 1. The Morgan fingerprint density at radius 1 is 1.35 bits per heavy atom. The molecule has 94 valence electrons. The molecule has 0 aromatic rings. The molecule has 7 nitrogen and oxygen atoms in total. The number of aliphatic carboxylic acids is 1. The Balaban J connectivity index is 2.29. The van der Waals surface area contributed by atoms with Crippen molar-refractivity contribution in [1.82, 2.24) is 15.5 Å². The maximum absolute atomic E-state index is 11.3. The highest BCUT2D eigenvalue weighted by molar-refractivity contribution is 6.02. The number of likely N-dealkylation sites (tertiary alicyclic amines) is 1. The van der Waals surface area contributed by atoms with Crippen LogP contribution in [0.1, 0.15) is 6.42 Å². The summed E-state index contributed by atoms with van der Waals surface area (Å²) in [5.41, 5.74) is 0. The maximum Gasteiger partial charge on any atom is 0.328 e. The monoisotopic (exact) mass is 241 g/mol. The number of carboxylic acids is 1. The second-order valence-corrected chi connectivity index (χ2v) is 3.88. The number of rotatable bonds is 3. The first kappa shape index (κ1) is 13.2. The molecule has 3 amide bonds. The molecule has 7 heteroatoms. The predicted octanol–water partition coefficient (Wildman–Crippen LogP) is -0.843. The minimum absolute atomic E-state index is 0.0243. The van der Waals surface area contributed by atoms with Crippen LogP contribution in [0.3, 0.4) is 0 Å². The zero-order chi connectivity index (χ0) is 12.8. The van der Waals surface area contributed by atoms with Crippen LogP contribution in [0.5, 0.6) is 0 Å².